The van der Waals surface area contributed by atoms with Crippen molar-refractivity contribution in [3.63, 3.8) is 0 Å². The molecule has 0 saturated heterocycles. The van der Waals surface area contributed by atoms with Crippen LogP contribution in [0.15, 0.2) is 0 Å². The summed E-state index contributed by atoms with van der Waals surface area (Å²) in [6.07, 6.45) is 11.9. The molecule has 0 rings (SSSR count). The number of methoxy groups -OCH3 is 1. The average molecular weight is 507 g/mol. The van der Waals surface area contributed by atoms with Crippen molar-refractivity contribution in [2.45, 2.75) is 77.6 Å². The first kappa shape index (κ1) is 33.7. The molecule has 0 N–H and O–H groups in total. The summed E-state index contributed by atoms with van der Waals surface area (Å²) in [6.45, 7) is 6.95. The lowest BCUT2D eigenvalue weighted by molar-refractivity contribution is -0.145. The van der Waals surface area contributed by atoms with Crippen LogP contribution in [0.2, 0.25) is 0 Å². The Morgan fingerprint density at radius 1 is 0.457 bits per heavy atom. The van der Waals surface area contributed by atoms with Gasteiger partial charge in [0.1, 0.15) is 6.61 Å². The molecule has 0 atom stereocenters. The number of carbonyl (C=O) groups is 2. The van der Waals surface area contributed by atoms with Gasteiger partial charge in [-0.1, -0.05) is 58.3 Å². The largest absolute Gasteiger partial charge is 0.469 e. The fourth-order valence-corrected chi connectivity index (χ4v) is 3.11. The highest BCUT2D eigenvalue weighted by Gasteiger charge is 2.03. The molecule has 0 unspecified atom stereocenters. The third-order valence-electron chi connectivity index (χ3n) is 5.14. The van der Waals surface area contributed by atoms with Crippen LogP contribution < -0.4 is 0 Å². The molecular weight excluding hydrogens is 456 g/mol. The molecule has 0 aliphatic heterocycles. The summed E-state index contributed by atoms with van der Waals surface area (Å²) < 4.78 is 36.5. The lowest BCUT2D eigenvalue weighted by atomic mass is 10.1. The van der Waals surface area contributed by atoms with Crippen molar-refractivity contribution in [1.82, 2.24) is 0 Å². The molecule has 35 heavy (non-hydrogen) atoms. The van der Waals surface area contributed by atoms with Crippen molar-refractivity contribution in [2.24, 2.45) is 0 Å². The second kappa shape index (κ2) is 29.0. The molecule has 0 aliphatic rings. The molecule has 0 amide bonds. The zero-order valence-electron chi connectivity index (χ0n) is 22.2. The number of esters is 2. The number of unbranched alkanes of at least 4 members (excludes halogenated alkanes) is 8. The van der Waals surface area contributed by atoms with E-state index in [4.69, 9.17) is 28.4 Å². The Morgan fingerprint density at radius 2 is 0.857 bits per heavy atom. The van der Waals surface area contributed by atoms with Gasteiger partial charge in [-0.15, -0.1) is 0 Å². The van der Waals surface area contributed by atoms with Crippen LogP contribution in [0.3, 0.4) is 0 Å². The Morgan fingerprint density at radius 3 is 1.31 bits per heavy atom. The Hall–Kier alpha value is -1.26. The van der Waals surface area contributed by atoms with Gasteiger partial charge in [-0.2, -0.15) is 0 Å². The van der Waals surface area contributed by atoms with E-state index in [0.717, 1.165) is 12.8 Å². The average Bonchev–Trinajstić information content (AvgIpc) is 2.86. The van der Waals surface area contributed by atoms with Gasteiger partial charge in [0.05, 0.1) is 79.6 Å². The summed E-state index contributed by atoms with van der Waals surface area (Å²) >= 11 is 0. The minimum atomic E-state index is -0.284. The molecular formula is C26H50O9. The number of hydrogen-bond donors (Lipinski definition) is 0. The van der Waals surface area contributed by atoms with Gasteiger partial charge in [0, 0.05) is 6.42 Å². The zero-order chi connectivity index (χ0) is 25.7. The number of hydrogen-bond acceptors (Lipinski definition) is 9. The fraction of sp³-hybridized carbons (Fsp3) is 0.923. The molecule has 0 saturated carbocycles. The minimum absolute atomic E-state index is 0.139. The Balaban J connectivity index is 3.15. The summed E-state index contributed by atoms with van der Waals surface area (Å²) in [5.41, 5.74) is 0. The Kier molecular flexibility index (Phi) is 27.9. The highest BCUT2D eigenvalue weighted by atomic mass is 16.6. The van der Waals surface area contributed by atoms with E-state index in [1.54, 1.807) is 0 Å². The van der Waals surface area contributed by atoms with E-state index in [-0.39, 0.29) is 25.0 Å². The van der Waals surface area contributed by atoms with Gasteiger partial charge in [0.25, 0.3) is 0 Å². The lowest BCUT2D eigenvalue weighted by Crippen LogP contribution is -2.15. The second-order valence-corrected chi connectivity index (χ2v) is 8.19. The molecule has 0 aliphatic carbocycles. The number of carbonyl (C=O) groups excluding carboxylic acids is 2. The van der Waals surface area contributed by atoms with Crippen LogP contribution in [0.25, 0.3) is 0 Å². The first-order valence-corrected chi connectivity index (χ1v) is 13.3. The van der Waals surface area contributed by atoms with E-state index in [1.165, 1.54) is 52.1 Å². The maximum atomic E-state index is 11.7. The molecule has 0 aromatic heterocycles. The SMILES string of the molecule is CCCCCCCCCCCC(=O)OCCOCCOCCOCCOCCOCCC(=O)OC. The van der Waals surface area contributed by atoms with Crippen LogP contribution in [-0.2, 0) is 42.7 Å². The Bertz CT molecular complexity index is 460. The molecule has 0 aromatic carbocycles. The summed E-state index contributed by atoms with van der Waals surface area (Å²) in [4.78, 5) is 22.6. The van der Waals surface area contributed by atoms with E-state index in [9.17, 15) is 9.59 Å². The van der Waals surface area contributed by atoms with Gasteiger partial charge >= 0.3 is 11.9 Å². The second-order valence-electron chi connectivity index (χ2n) is 8.19. The normalized spacial score (nSPS) is 11.0. The minimum Gasteiger partial charge on any atom is -0.469 e. The van der Waals surface area contributed by atoms with Crippen molar-refractivity contribution < 1.29 is 42.7 Å². The fourth-order valence-electron chi connectivity index (χ4n) is 3.11. The monoisotopic (exact) mass is 506 g/mol. The molecule has 208 valence electrons. The smallest absolute Gasteiger partial charge is 0.307 e. The highest BCUT2D eigenvalue weighted by Crippen LogP contribution is 2.10. The van der Waals surface area contributed by atoms with Crippen molar-refractivity contribution in [3.8, 4) is 0 Å². The topological polar surface area (TPSA) is 98.8 Å². The third-order valence-corrected chi connectivity index (χ3v) is 5.14. The predicted octanol–water partition coefficient (Wildman–Crippen LogP) is 4.10. The zero-order valence-corrected chi connectivity index (χ0v) is 22.2. The van der Waals surface area contributed by atoms with Crippen LogP contribution in [0.5, 0.6) is 0 Å². The van der Waals surface area contributed by atoms with Gasteiger partial charge in [0.2, 0.25) is 0 Å². The van der Waals surface area contributed by atoms with Crippen LogP contribution in [-0.4, -0.2) is 91.7 Å². The highest BCUT2D eigenvalue weighted by molar-refractivity contribution is 5.69. The van der Waals surface area contributed by atoms with Gasteiger partial charge in [-0.25, -0.2) is 0 Å². The van der Waals surface area contributed by atoms with Gasteiger partial charge in [0.15, 0.2) is 0 Å². The van der Waals surface area contributed by atoms with E-state index in [2.05, 4.69) is 11.7 Å². The predicted molar refractivity (Wildman–Crippen MR) is 134 cm³/mol. The van der Waals surface area contributed by atoms with E-state index in [1.807, 2.05) is 0 Å². The summed E-state index contributed by atoms with van der Waals surface area (Å²) in [5, 5.41) is 0. The molecule has 9 nitrogen and oxygen atoms in total. The summed E-state index contributed by atoms with van der Waals surface area (Å²) in [6, 6.07) is 0. The van der Waals surface area contributed by atoms with E-state index >= 15 is 0 Å². The van der Waals surface area contributed by atoms with Crippen LogP contribution >= 0.6 is 0 Å². The van der Waals surface area contributed by atoms with Crippen molar-refractivity contribution >= 4 is 11.9 Å². The molecule has 9 heteroatoms. The van der Waals surface area contributed by atoms with Crippen LogP contribution in [0, 0.1) is 0 Å². The standard InChI is InChI=1S/C26H50O9/c1-3-4-5-6-7-8-9-10-11-12-26(28)35-24-23-34-22-21-33-20-19-32-18-17-31-16-15-30-14-13-25(27)29-2/h3-24H2,1-2H3. The van der Waals surface area contributed by atoms with Gasteiger partial charge < -0.3 is 33.2 Å². The number of ether oxygens (including phenoxy) is 7. The molecule has 0 spiro atoms. The molecule has 0 radical (unpaired) electrons. The van der Waals surface area contributed by atoms with E-state index in [0.29, 0.717) is 72.5 Å². The Labute approximate surface area is 212 Å². The first-order chi connectivity index (χ1) is 17.2. The van der Waals surface area contributed by atoms with Crippen molar-refractivity contribution in [3.05, 3.63) is 0 Å². The molecule has 0 heterocycles. The van der Waals surface area contributed by atoms with E-state index < -0.39 is 0 Å². The van der Waals surface area contributed by atoms with Gasteiger partial charge in [-0.05, 0) is 6.42 Å². The maximum absolute atomic E-state index is 11.7. The molecule has 0 fully saturated rings. The first-order valence-electron chi connectivity index (χ1n) is 13.3. The van der Waals surface area contributed by atoms with Crippen molar-refractivity contribution in [2.75, 3.05) is 79.8 Å². The lowest BCUT2D eigenvalue weighted by Gasteiger charge is -2.08. The van der Waals surface area contributed by atoms with Gasteiger partial charge in [-0.3, -0.25) is 9.59 Å². The summed E-state index contributed by atoms with van der Waals surface area (Å²) in [5.74, 6) is -0.423. The third kappa shape index (κ3) is 28.9. The van der Waals surface area contributed by atoms with Crippen LogP contribution in [0.1, 0.15) is 77.6 Å². The molecule has 0 bridgehead atoms. The number of rotatable bonds is 28. The molecule has 0 aromatic rings. The van der Waals surface area contributed by atoms with Crippen LogP contribution in [0.4, 0.5) is 0 Å². The quantitative estimate of drug-likeness (QED) is 0.115. The maximum Gasteiger partial charge on any atom is 0.307 e. The summed E-state index contributed by atoms with van der Waals surface area (Å²) in [7, 11) is 1.35. The van der Waals surface area contributed by atoms with Crippen molar-refractivity contribution in [1.29, 1.82) is 0 Å².